The molecule has 0 aliphatic carbocycles. The standard InChI is InChI=1S/C20H20N2O2S/c1-13-9-10-16(11-14(13)2)21-20-22(3)19(23)18(25-20)12-15-7-5-6-8-17(15)24-4/h5-12H,1-4H3/b18-12+,21-20?. The van der Waals surface area contributed by atoms with Crippen LogP contribution in [0.1, 0.15) is 16.7 Å². The Balaban J connectivity index is 1.93. The van der Waals surface area contributed by atoms with Crippen molar-refractivity contribution in [2.24, 2.45) is 4.99 Å². The zero-order chi connectivity index (χ0) is 18.0. The third kappa shape index (κ3) is 3.61. The van der Waals surface area contributed by atoms with Crippen LogP contribution in [-0.4, -0.2) is 30.1 Å². The summed E-state index contributed by atoms with van der Waals surface area (Å²) in [5.41, 5.74) is 4.14. The largest absolute Gasteiger partial charge is 0.496 e. The Hall–Kier alpha value is -2.53. The van der Waals surface area contributed by atoms with Crippen LogP contribution in [0.15, 0.2) is 52.4 Å². The number of ether oxygens (including phenoxy) is 1. The van der Waals surface area contributed by atoms with E-state index in [1.165, 1.54) is 22.9 Å². The van der Waals surface area contributed by atoms with Crippen molar-refractivity contribution < 1.29 is 9.53 Å². The lowest BCUT2D eigenvalue weighted by atomic mass is 10.1. The lowest BCUT2D eigenvalue weighted by Crippen LogP contribution is -2.23. The first-order valence-electron chi connectivity index (χ1n) is 7.96. The number of benzene rings is 2. The first kappa shape index (κ1) is 17.3. The Morgan fingerprint density at radius 3 is 2.60 bits per heavy atom. The molecular weight excluding hydrogens is 332 g/mol. The number of carbonyl (C=O) groups excluding carboxylic acids is 1. The van der Waals surface area contributed by atoms with Crippen LogP contribution in [0.4, 0.5) is 5.69 Å². The van der Waals surface area contributed by atoms with Gasteiger partial charge >= 0.3 is 0 Å². The van der Waals surface area contributed by atoms with Gasteiger partial charge in [0.05, 0.1) is 17.7 Å². The molecule has 128 valence electrons. The Bertz CT molecular complexity index is 887. The van der Waals surface area contributed by atoms with Gasteiger partial charge in [0.1, 0.15) is 5.75 Å². The number of methoxy groups -OCH3 is 1. The normalized spacial score (nSPS) is 17.6. The Labute approximate surface area is 152 Å². The molecule has 0 spiro atoms. The lowest BCUT2D eigenvalue weighted by molar-refractivity contribution is -0.121. The minimum Gasteiger partial charge on any atom is -0.496 e. The zero-order valence-electron chi connectivity index (χ0n) is 14.7. The van der Waals surface area contributed by atoms with Gasteiger partial charge in [-0.2, -0.15) is 0 Å². The van der Waals surface area contributed by atoms with E-state index in [-0.39, 0.29) is 5.91 Å². The fourth-order valence-corrected chi connectivity index (χ4v) is 3.46. The highest BCUT2D eigenvalue weighted by Crippen LogP contribution is 2.34. The first-order chi connectivity index (χ1) is 12.0. The molecule has 1 aliphatic rings. The van der Waals surface area contributed by atoms with Crippen molar-refractivity contribution in [2.75, 3.05) is 14.2 Å². The number of amides is 1. The zero-order valence-corrected chi connectivity index (χ0v) is 15.6. The summed E-state index contributed by atoms with van der Waals surface area (Å²) in [5, 5.41) is 0.675. The van der Waals surface area contributed by atoms with E-state index >= 15 is 0 Å². The molecule has 2 aromatic carbocycles. The number of carbonyl (C=O) groups is 1. The van der Waals surface area contributed by atoms with E-state index in [0.717, 1.165) is 17.0 Å². The van der Waals surface area contributed by atoms with Crippen molar-refractivity contribution in [1.82, 2.24) is 4.90 Å². The fourth-order valence-electron chi connectivity index (χ4n) is 2.48. The maximum atomic E-state index is 12.5. The number of likely N-dealkylation sites (N-methyl/N-ethyl adjacent to an activating group) is 1. The molecule has 0 saturated carbocycles. The molecule has 5 heteroatoms. The van der Waals surface area contributed by atoms with E-state index in [1.54, 1.807) is 19.1 Å². The van der Waals surface area contributed by atoms with Crippen LogP contribution >= 0.6 is 11.8 Å². The van der Waals surface area contributed by atoms with E-state index in [0.29, 0.717) is 10.1 Å². The van der Waals surface area contributed by atoms with Crippen molar-refractivity contribution in [1.29, 1.82) is 0 Å². The highest BCUT2D eigenvalue weighted by Gasteiger charge is 2.30. The van der Waals surface area contributed by atoms with Gasteiger partial charge in [-0.1, -0.05) is 24.3 Å². The summed E-state index contributed by atoms with van der Waals surface area (Å²) in [6.45, 7) is 4.13. The average molecular weight is 352 g/mol. The molecule has 1 amide bonds. The quantitative estimate of drug-likeness (QED) is 0.761. The molecule has 3 rings (SSSR count). The van der Waals surface area contributed by atoms with Crippen molar-refractivity contribution in [3.63, 3.8) is 0 Å². The fraction of sp³-hybridized carbons (Fsp3) is 0.200. The highest BCUT2D eigenvalue weighted by atomic mass is 32.2. The predicted molar refractivity (Wildman–Crippen MR) is 104 cm³/mol. The number of thioether (sulfide) groups is 1. The van der Waals surface area contributed by atoms with Gasteiger partial charge in [-0.05, 0) is 61.0 Å². The maximum Gasteiger partial charge on any atom is 0.266 e. The number of rotatable bonds is 3. The van der Waals surface area contributed by atoms with Crippen LogP contribution in [0.2, 0.25) is 0 Å². The lowest BCUT2D eigenvalue weighted by Gasteiger charge is -2.08. The minimum atomic E-state index is -0.0570. The van der Waals surface area contributed by atoms with Crippen LogP contribution < -0.4 is 4.74 Å². The van der Waals surface area contributed by atoms with Crippen LogP contribution in [0, 0.1) is 13.8 Å². The third-order valence-corrected chi connectivity index (χ3v) is 5.20. The molecule has 0 unspecified atom stereocenters. The van der Waals surface area contributed by atoms with Crippen LogP contribution in [0.3, 0.4) is 0 Å². The van der Waals surface area contributed by atoms with Gasteiger partial charge in [-0.25, -0.2) is 4.99 Å². The van der Waals surface area contributed by atoms with Gasteiger partial charge in [0.2, 0.25) is 0 Å². The Morgan fingerprint density at radius 2 is 1.88 bits per heavy atom. The highest BCUT2D eigenvalue weighted by molar-refractivity contribution is 8.18. The molecule has 0 aromatic heterocycles. The summed E-state index contributed by atoms with van der Waals surface area (Å²) in [6, 6.07) is 13.7. The first-order valence-corrected chi connectivity index (χ1v) is 8.78. The Morgan fingerprint density at radius 1 is 1.12 bits per heavy atom. The van der Waals surface area contributed by atoms with Gasteiger partial charge in [-0.3, -0.25) is 9.69 Å². The molecule has 1 saturated heterocycles. The van der Waals surface area contributed by atoms with Crippen molar-refractivity contribution in [2.45, 2.75) is 13.8 Å². The van der Waals surface area contributed by atoms with Gasteiger partial charge in [-0.15, -0.1) is 0 Å². The topological polar surface area (TPSA) is 41.9 Å². The van der Waals surface area contributed by atoms with Crippen LogP contribution in [-0.2, 0) is 4.79 Å². The van der Waals surface area contributed by atoms with Crippen LogP contribution in [0.25, 0.3) is 6.08 Å². The number of hydrogen-bond acceptors (Lipinski definition) is 4. The molecule has 0 bridgehead atoms. The molecule has 0 N–H and O–H groups in total. The summed E-state index contributed by atoms with van der Waals surface area (Å²) in [4.78, 5) is 19.4. The van der Waals surface area contributed by atoms with Crippen molar-refractivity contribution >= 4 is 34.6 Å². The number of nitrogens with zero attached hydrogens (tertiary/aromatic N) is 2. The third-order valence-electron chi connectivity index (χ3n) is 4.14. The summed E-state index contributed by atoms with van der Waals surface area (Å²) in [7, 11) is 3.37. The summed E-state index contributed by atoms with van der Waals surface area (Å²) >= 11 is 1.38. The second-order valence-corrected chi connectivity index (χ2v) is 6.89. The molecule has 4 nitrogen and oxygen atoms in total. The number of aliphatic imine (C=N–C) groups is 1. The minimum absolute atomic E-state index is 0.0570. The molecule has 2 aromatic rings. The molecule has 1 aliphatic heterocycles. The molecule has 1 fully saturated rings. The number of amidine groups is 1. The SMILES string of the molecule is COc1ccccc1/C=C1/SC(=Nc2ccc(C)c(C)c2)N(C)C1=O. The number of hydrogen-bond donors (Lipinski definition) is 0. The van der Waals surface area contributed by atoms with E-state index in [1.807, 2.05) is 48.5 Å². The van der Waals surface area contributed by atoms with Gasteiger partial charge < -0.3 is 4.74 Å². The molecule has 0 atom stereocenters. The summed E-state index contributed by atoms with van der Waals surface area (Å²) in [6.07, 6.45) is 1.85. The molecule has 1 heterocycles. The monoisotopic (exact) mass is 352 g/mol. The van der Waals surface area contributed by atoms with Gasteiger partial charge in [0.25, 0.3) is 5.91 Å². The summed E-state index contributed by atoms with van der Waals surface area (Å²) < 4.78 is 5.36. The van der Waals surface area contributed by atoms with E-state index in [4.69, 9.17) is 4.74 Å². The van der Waals surface area contributed by atoms with E-state index in [2.05, 4.69) is 18.8 Å². The summed E-state index contributed by atoms with van der Waals surface area (Å²) in [5.74, 6) is 0.684. The van der Waals surface area contributed by atoms with Crippen molar-refractivity contribution in [3.05, 3.63) is 64.1 Å². The second-order valence-electron chi connectivity index (χ2n) is 5.88. The smallest absolute Gasteiger partial charge is 0.266 e. The second kappa shape index (κ2) is 7.15. The average Bonchev–Trinajstić information content (AvgIpc) is 2.87. The molecule has 25 heavy (non-hydrogen) atoms. The van der Waals surface area contributed by atoms with Gasteiger partial charge in [0, 0.05) is 12.6 Å². The number of aryl methyl sites for hydroxylation is 2. The van der Waals surface area contributed by atoms with Gasteiger partial charge in [0.15, 0.2) is 5.17 Å². The molecule has 0 radical (unpaired) electrons. The maximum absolute atomic E-state index is 12.5. The van der Waals surface area contributed by atoms with E-state index < -0.39 is 0 Å². The van der Waals surface area contributed by atoms with E-state index in [9.17, 15) is 4.79 Å². The predicted octanol–water partition coefficient (Wildman–Crippen LogP) is 4.55. The van der Waals surface area contributed by atoms with Crippen LogP contribution in [0.5, 0.6) is 5.75 Å². The molecular formula is C20H20N2O2S. The number of para-hydroxylation sites is 1. The van der Waals surface area contributed by atoms with Crippen molar-refractivity contribution in [3.8, 4) is 5.75 Å². The Kier molecular flexibility index (Phi) is 4.95.